The van der Waals surface area contributed by atoms with Crippen LogP contribution in [0.1, 0.15) is 85.0 Å². The van der Waals surface area contributed by atoms with Crippen LogP contribution in [0.4, 0.5) is 0 Å². The van der Waals surface area contributed by atoms with Crippen molar-refractivity contribution in [2.45, 2.75) is 85.0 Å². The first-order valence-corrected chi connectivity index (χ1v) is 8.14. The second-order valence-corrected chi connectivity index (χ2v) is 6.35. The minimum Gasteiger partial charge on any atom is -0.465 e. The van der Waals surface area contributed by atoms with E-state index in [9.17, 15) is 9.59 Å². The third-order valence-electron chi connectivity index (χ3n) is 3.41. The molecule has 20 heavy (non-hydrogen) atoms. The molecular formula is C17H32O3. The van der Waals surface area contributed by atoms with Crippen molar-refractivity contribution in [3.05, 3.63) is 0 Å². The summed E-state index contributed by atoms with van der Waals surface area (Å²) < 4.78 is 5.10. The first-order valence-electron chi connectivity index (χ1n) is 8.14. The van der Waals surface area contributed by atoms with Crippen LogP contribution in [0.15, 0.2) is 0 Å². The molecule has 0 aromatic heterocycles. The lowest BCUT2D eigenvalue weighted by Crippen LogP contribution is -2.23. The summed E-state index contributed by atoms with van der Waals surface area (Å²) in [4.78, 5) is 22.1. The molecule has 0 aliphatic carbocycles. The van der Waals surface area contributed by atoms with Crippen molar-refractivity contribution in [2.75, 3.05) is 6.61 Å². The summed E-state index contributed by atoms with van der Waals surface area (Å²) in [5, 5.41) is 0. The quantitative estimate of drug-likeness (QED) is 0.280. The molecule has 0 aliphatic heterocycles. The highest BCUT2D eigenvalue weighted by molar-refractivity contribution is 5.70. The molecule has 0 rings (SSSR count). The zero-order valence-corrected chi connectivity index (χ0v) is 13.6. The monoisotopic (exact) mass is 284 g/mol. The number of hydrogen-bond acceptors (Lipinski definition) is 3. The predicted molar refractivity (Wildman–Crippen MR) is 82.6 cm³/mol. The van der Waals surface area contributed by atoms with Gasteiger partial charge >= 0.3 is 5.97 Å². The molecule has 0 saturated carbocycles. The van der Waals surface area contributed by atoms with Crippen molar-refractivity contribution >= 4 is 12.3 Å². The summed E-state index contributed by atoms with van der Waals surface area (Å²) in [6.45, 7) is 5.96. The Hall–Kier alpha value is -0.860. The second-order valence-electron chi connectivity index (χ2n) is 6.35. The van der Waals surface area contributed by atoms with Crippen molar-refractivity contribution < 1.29 is 14.3 Å². The van der Waals surface area contributed by atoms with Gasteiger partial charge < -0.3 is 9.53 Å². The largest absolute Gasteiger partial charge is 0.465 e. The number of rotatable bonds is 13. The van der Waals surface area contributed by atoms with Crippen molar-refractivity contribution in [3.8, 4) is 0 Å². The predicted octanol–water partition coefficient (Wildman–Crippen LogP) is 4.68. The fraction of sp³-hybridized carbons (Fsp3) is 0.882. The Labute approximate surface area is 124 Å². The van der Waals surface area contributed by atoms with E-state index in [2.05, 4.69) is 6.92 Å². The molecule has 3 heteroatoms. The molecule has 0 spiro atoms. The molecule has 3 nitrogen and oxygen atoms in total. The molecule has 0 heterocycles. The molecule has 0 aromatic carbocycles. The number of carbonyl (C=O) groups excluding carboxylic acids is 2. The van der Waals surface area contributed by atoms with Crippen LogP contribution in [0.25, 0.3) is 0 Å². The molecule has 0 aromatic rings. The standard InChI is InChI=1S/C17H32O3/c1-4-5-6-7-8-9-10-11-12-13-16(19)20-15-17(2,3)14-18/h14H,4-13,15H2,1-3H3. The molecule has 0 N–H and O–H groups in total. The van der Waals surface area contributed by atoms with Gasteiger partial charge in [-0.25, -0.2) is 0 Å². The van der Waals surface area contributed by atoms with E-state index in [0.29, 0.717) is 6.42 Å². The van der Waals surface area contributed by atoms with Gasteiger partial charge in [0.2, 0.25) is 0 Å². The Bertz CT molecular complexity index is 259. The summed E-state index contributed by atoms with van der Waals surface area (Å²) >= 11 is 0. The van der Waals surface area contributed by atoms with E-state index in [0.717, 1.165) is 19.1 Å². The Kier molecular flexibility index (Phi) is 11.4. The van der Waals surface area contributed by atoms with Crippen molar-refractivity contribution in [1.29, 1.82) is 0 Å². The van der Waals surface area contributed by atoms with Crippen molar-refractivity contribution in [1.82, 2.24) is 0 Å². The summed E-state index contributed by atoms with van der Waals surface area (Å²) in [6, 6.07) is 0. The molecular weight excluding hydrogens is 252 g/mol. The van der Waals surface area contributed by atoms with Gasteiger partial charge in [0.05, 0.1) is 5.41 Å². The zero-order valence-electron chi connectivity index (χ0n) is 13.6. The van der Waals surface area contributed by atoms with Crippen LogP contribution in [0.3, 0.4) is 0 Å². The highest BCUT2D eigenvalue weighted by atomic mass is 16.5. The molecule has 0 bridgehead atoms. The fourth-order valence-corrected chi connectivity index (χ4v) is 1.95. The van der Waals surface area contributed by atoms with Crippen LogP contribution in [0.5, 0.6) is 0 Å². The molecule has 0 fully saturated rings. The van der Waals surface area contributed by atoms with Gasteiger partial charge in [-0.15, -0.1) is 0 Å². The van der Waals surface area contributed by atoms with E-state index in [-0.39, 0.29) is 12.6 Å². The summed E-state index contributed by atoms with van der Waals surface area (Å²) in [5.41, 5.74) is -0.561. The van der Waals surface area contributed by atoms with Gasteiger partial charge in [-0.3, -0.25) is 4.79 Å². The Morgan fingerprint density at radius 3 is 1.95 bits per heavy atom. The van der Waals surface area contributed by atoms with E-state index in [4.69, 9.17) is 4.74 Å². The molecule has 0 amide bonds. The Morgan fingerprint density at radius 2 is 1.45 bits per heavy atom. The second kappa shape index (κ2) is 11.9. The Balaban J connectivity index is 3.34. The normalized spacial score (nSPS) is 11.3. The van der Waals surface area contributed by atoms with E-state index in [1.54, 1.807) is 13.8 Å². The van der Waals surface area contributed by atoms with Crippen LogP contribution < -0.4 is 0 Å². The van der Waals surface area contributed by atoms with Gasteiger partial charge in [0.15, 0.2) is 0 Å². The average Bonchev–Trinajstić information content (AvgIpc) is 2.43. The third-order valence-corrected chi connectivity index (χ3v) is 3.41. The van der Waals surface area contributed by atoms with Gasteiger partial charge in [-0.1, -0.05) is 58.3 Å². The highest BCUT2D eigenvalue weighted by Crippen LogP contribution is 2.13. The van der Waals surface area contributed by atoms with Crippen LogP contribution in [-0.4, -0.2) is 18.9 Å². The summed E-state index contributed by atoms with van der Waals surface area (Å²) in [6.07, 6.45) is 12.4. The van der Waals surface area contributed by atoms with Gasteiger partial charge in [0.1, 0.15) is 12.9 Å². The van der Waals surface area contributed by atoms with Crippen LogP contribution in [0, 0.1) is 5.41 Å². The van der Waals surface area contributed by atoms with Gasteiger partial charge in [-0.05, 0) is 20.3 Å². The SMILES string of the molecule is CCCCCCCCCCCC(=O)OCC(C)(C)C=O. The molecule has 118 valence electrons. The maximum atomic E-state index is 11.5. The smallest absolute Gasteiger partial charge is 0.305 e. The van der Waals surface area contributed by atoms with E-state index in [1.165, 1.54) is 44.9 Å². The maximum Gasteiger partial charge on any atom is 0.305 e. The highest BCUT2D eigenvalue weighted by Gasteiger charge is 2.18. The van der Waals surface area contributed by atoms with E-state index in [1.807, 2.05) is 0 Å². The van der Waals surface area contributed by atoms with Gasteiger partial charge in [0.25, 0.3) is 0 Å². The van der Waals surface area contributed by atoms with Crippen molar-refractivity contribution in [3.63, 3.8) is 0 Å². The molecule has 0 atom stereocenters. The molecule has 0 unspecified atom stereocenters. The lowest BCUT2D eigenvalue weighted by molar-refractivity contribution is -0.147. The number of aldehydes is 1. The number of ether oxygens (including phenoxy) is 1. The topological polar surface area (TPSA) is 43.4 Å². The zero-order chi connectivity index (χ0) is 15.3. The van der Waals surface area contributed by atoms with Crippen LogP contribution >= 0.6 is 0 Å². The molecule has 0 saturated heterocycles. The number of unbranched alkanes of at least 4 members (excludes halogenated alkanes) is 8. The van der Waals surface area contributed by atoms with Gasteiger partial charge in [0, 0.05) is 6.42 Å². The first kappa shape index (κ1) is 19.1. The van der Waals surface area contributed by atoms with E-state index < -0.39 is 5.41 Å². The van der Waals surface area contributed by atoms with Gasteiger partial charge in [-0.2, -0.15) is 0 Å². The Morgan fingerprint density at radius 1 is 0.950 bits per heavy atom. The summed E-state index contributed by atoms with van der Waals surface area (Å²) in [7, 11) is 0. The first-order chi connectivity index (χ1) is 9.52. The number of esters is 1. The average molecular weight is 284 g/mol. The third kappa shape index (κ3) is 12.2. The molecule has 0 radical (unpaired) electrons. The lowest BCUT2D eigenvalue weighted by Gasteiger charge is -2.16. The minimum atomic E-state index is -0.561. The fourth-order valence-electron chi connectivity index (χ4n) is 1.95. The van der Waals surface area contributed by atoms with Crippen LogP contribution in [0.2, 0.25) is 0 Å². The van der Waals surface area contributed by atoms with Crippen molar-refractivity contribution in [2.24, 2.45) is 5.41 Å². The maximum absolute atomic E-state index is 11.5. The molecule has 0 aliphatic rings. The lowest BCUT2D eigenvalue weighted by atomic mass is 9.98. The minimum absolute atomic E-state index is 0.178. The summed E-state index contributed by atoms with van der Waals surface area (Å²) in [5.74, 6) is -0.178. The van der Waals surface area contributed by atoms with E-state index >= 15 is 0 Å². The van der Waals surface area contributed by atoms with Crippen LogP contribution in [-0.2, 0) is 14.3 Å². The number of carbonyl (C=O) groups is 2. The number of hydrogen-bond donors (Lipinski definition) is 0.